The van der Waals surface area contributed by atoms with E-state index in [4.69, 9.17) is 23.4 Å². The van der Waals surface area contributed by atoms with Crippen molar-refractivity contribution in [3.05, 3.63) is 81.7 Å². The molecule has 180 valence electrons. The predicted molar refractivity (Wildman–Crippen MR) is 133 cm³/mol. The highest BCUT2D eigenvalue weighted by molar-refractivity contribution is 5.96. The van der Waals surface area contributed by atoms with Crippen LogP contribution in [0.5, 0.6) is 23.0 Å². The van der Waals surface area contributed by atoms with Crippen LogP contribution in [-0.2, 0) is 13.1 Å². The number of rotatable bonds is 6. The fraction of sp³-hybridized carbons (Fsp3) is 0.250. The Balaban J connectivity index is 1.53. The minimum atomic E-state index is -0.393. The Morgan fingerprint density at radius 3 is 2.37 bits per heavy atom. The van der Waals surface area contributed by atoms with Crippen LogP contribution in [-0.4, -0.2) is 33.0 Å². The molecule has 7 heteroatoms. The first-order valence-corrected chi connectivity index (χ1v) is 11.3. The van der Waals surface area contributed by atoms with E-state index < -0.39 is 5.63 Å². The first-order valence-electron chi connectivity index (χ1n) is 11.3. The first kappa shape index (κ1) is 22.8. The monoisotopic (exact) mass is 473 g/mol. The lowest BCUT2D eigenvalue weighted by Gasteiger charge is -2.30. The molecule has 0 saturated heterocycles. The van der Waals surface area contributed by atoms with Gasteiger partial charge in [-0.05, 0) is 42.3 Å². The first-order chi connectivity index (χ1) is 17.0. The quantitative estimate of drug-likeness (QED) is 0.359. The maximum atomic E-state index is 12.4. The van der Waals surface area contributed by atoms with Gasteiger partial charge in [0, 0.05) is 47.3 Å². The number of aryl methyl sites for hydroxylation is 1. The highest BCUT2D eigenvalue weighted by atomic mass is 16.5. The lowest BCUT2D eigenvalue weighted by Crippen LogP contribution is -2.32. The van der Waals surface area contributed by atoms with Crippen molar-refractivity contribution >= 4 is 11.0 Å². The summed E-state index contributed by atoms with van der Waals surface area (Å²) < 4.78 is 28.0. The highest BCUT2D eigenvalue weighted by Crippen LogP contribution is 2.39. The van der Waals surface area contributed by atoms with Gasteiger partial charge in [0.15, 0.2) is 0 Å². The van der Waals surface area contributed by atoms with E-state index in [1.807, 2.05) is 49.4 Å². The maximum absolute atomic E-state index is 12.4. The van der Waals surface area contributed by atoms with E-state index in [1.165, 1.54) is 0 Å². The van der Waals surface area contributed by atoms with E-state index >= 15 is 0 Å². The van der Waals surface area contributed by atoms with Crippen LogP contribution in [0.4, 0.5) is 0 Å². The van der Waals surface area contributed by atoms with Crippen LogP contribution in [0.15, 0.2) is 63.8 Å². The fourth-order valence-corrected chi connectivity index (χ4v) is 4.60. The lowest BCUT2D eigenvalue weighted by molar-refractivity contribution is 0.0873. The molecule has 0 radical (unpaired) electrons. The SMILES string of the molecule is COc1ccc(-c2cc(=O)oc3c(C)c4c(cc23)CN(Cc2ccc(OC)cc2OC)CO4)cc1. The van der Waals surface area contributed by atoms with Gasteiger partial charge in [0.05, 0.1) is 21.3 Å². The minimum absolute atomic E-state index is 0.393. The predicted octanol–water partition coefficient (Wildman–Crippen LogP) is 5.15. The van der Waals surface area contributed by atoms with Crippen LogP contribution in [0.2, 0.25) is 0 Å². The van der Waals surface area contributed by atoms with Crippen molar-refractivity contribution in [1.29, 1.82) is 0 Å². The molecule has 0 aliphatic carbocycles. The zero-order valence-corrected chi connectivity index (χ0v) is 20.2. The molecule has 5 rings (SSSR count). The van der Waals surface area contributed by atoms with Crippen molar-refractivity contribution in [2.75, 3.05) is 28.1 Å². The third-order valence-electron chi connectivity index (χ3n) is 6.37. The summed E-state index contributed by atoms with van der Waals surface area (Å²) in [4.78, 5) is 14.6. The van der Waals surface area contributed by atoms with Gasteiger partial charge in [-0.15, -0.1) is 0 Å². The van der Waals surface area contributed by atoms with Gasteiger partial charge >= 0.3 is 5.63 Å². The van der Waals surface area contributed by atoms with Crippen molar-refractivity contribution in [2.24, 2.45) is 0 Å². The van der Waals surface area contributed by atoms with Gasteiger partial charge in [-0.25, -0.2) is 4.79 Å². The Morgan fingerprint density at radius 1 is 0.914 bits per heavy atom. The Hall–Kier alpha value is -3.97. The average molecular weight is 474 g/mol. The van der Waals surface area contributed by atoms with Gasteiger partial charge in [0.1, 0.15) is 35.3 Å². The van der Waals surface area contributed by atoms with Gasteiger partial charge in [-0.3, -0.25) is 4.90 Å². The van der Waals surface area contributed by atoms with Crippen LogP contribution in [0.25, 0.3) is 22.1 Å². The lowest BCUT2D eigenvalue weighted by atomic mass is 9.96. The van der Waals surface area contributed by atoms with E-state index in [9.17, 15) is 4.79 Å². The van der Waals surface area contributed by atoms with E-state index in [2.05, 4.69) is 11.0 Å². The van der Waals surface area contributed by atoms with Crippen molar-refractivity contribution < 1.29 is 23.4 Å². The average Bonchev–Trinajstić information content (AvgIpc) is 2.89. The minimum Gasteiger partial charge on any atom is -0.497 e. The zero-order chi connectivity index (χ0) is 24.5. The molecular weight excluding hydrogens is 446 g/mol. The van der Waals surface area contributed by atoms with Crippen LogP contribution in [0, 0.1) is 6.92 Å². The topological polar surface area (TPSA) is 70.4 Å². The normalized spacial score (nSPS) is 13.3. The maximum Gasteiger partial charge on any atom is 0.336 e. The third kappa shape index (κ3) is 4.31. The molecule has 35 heavy (non-hydrogen) atoms. The molecule has 1 aliphatic rings. The molecule has 7 nitrogen and oxygen atoms in total. The second-order valence-electron chi connectivity index (χ2n) is 8.51. The van der Waals surface area contributed by atoms with Gasteiger partial charge in [0.25, 0.3) is 0 Å². The molecule has 4 aromatic rings. The number of hydrogen-bond donors (Lipinski definition) is 0. The number of methoxy groups -OCH3 is 3. The van der Waals surface area contributed by atoms with E-state index in [0.717, 1.165) is 56.2 Å². The molecule has 1 aromatic heterocycles. The van der Waals surface area contributed by atoms with Crippen molar-refractivity contribution in [3.63, 3.8) is 0 Å². The van der Waals surface area contributed by atoms with Crippen LogP contribution < -0.4 is 24.6 Å². The van der Waals surface area contributed by atoms with Crippen molar-refractivity contribution in [2.45, 2.75) is 20.0 Å². The molecule has 0 atom stereocenters. The van der Waals surface area contributed by atoms with Gasteiger partial charge in [-0.1, -0.05) is 18.2 Å². The summed E-state index contributed by atoms with van der Waals surface area (Å²) in [5, 5.41) is 0.874. The number of nitrogens with zero attached hydrogens (tertiary/aromatic N) is 1. The summed E-state index contributed by atoms with van der Waals surface area (Å²) in [6.45, 7) is 3.68. The number of fused-ring (bicyclic) bond motifs is 2. The Morgan fingerprint density at radius 2 is 1.66 bits per heavy atom. The van der Waals surface area contributed by atoms with Crippen LogP contribution >= 0.6 is 0 Å². The summed E-state index contributed by atoms with van der Waals surface area (Å²) in [5.74, 6) is 3.05. The van der Waals surface area contributed by atoms with Crippen LogP contribution in [0.3, 0.4) is 0 Å². The zero-order valence-electron chi connectivity index (χ0n) is 20.2. The molecule has 0 amide bonds. The summed E-state index contributed by atoms with van der Waals surface area (Å²) in [6, 6.07) is 17.1. The Kier molecular flexibility index (Phi) is 6.09. The van der Waals surface area contributed by atoms with E-state index in [0.29, 0.717) is 25.4 Å². The second-order valence-corrected chi connectivity index (χ2v) is 8.51. The second kappa shape index (κ2) is 9.35. The third-order valence-corrected chi connectivity index (χ3v) is 6.37. The molecule has 0 fully saturated rings. The van der Waals surface area contributed by atoms with E-state index in [-0.39, 0.29) is 0 Å². The standard InChI is InChI=1S/C28H27NO6/c1-17-27-20(15-29(16-34-27)14-19-7-10-22(32-3)12-25(19)33-4)11-24-23(13-26(30)35-28(17)24)18-5-8-21(31-2)9-6-18/h5-13H,14-16H2,1-4H3. The number of ether oxygens (including phenoxy) is 4. The molecule has 1 aliphatic heterocycles. The van der Waals surface area contributed by atoms with Gasteiger partial charge < -0.3 is 23.4 Å². The molecule has 2 heterocycles. The summed E-state index contributed by atoms with van der Waals surface area (Å²) in [5.41, 5.74) is 4.80. The summed E-state index contributed by atoms with van der Waals surface area (Å²) in [6.07, 6.45) is 0. The molecule has 0 bridgehead atoms. The molecular formula is C28H27NO6. The van der Waals surface area contributed by atoms with Crippen molar-refractivity contribution in [3.8, 4) is 34.1 Å². The Bertz CT molecular complexity index is 1440. The largest absolute Gasteiger partial charge is 0.497 e. The molecule has 0 spiro atoms. The number of hydrogen-bond acceptors (Lipinski definition) is 7. The smallest absolute Gasteiger partial charge is 0.336 e. The highest BCUT2D eigenvalue weighted by Gasteiger charge is 2.24. The molecule has 0 unspecified atom stereocenters. The number of benzene rings is 3. The summed E-state index contributed by atoms with van der Waals surface area (Å²) >= 11 is 0. The molecule has 3 aromatic carbocycles. The fourth-order valence-electron chi connectivity index (χ4n) is 4.60. The molecule has 0 saturated carbocycles. The van der Waals surface area contributed by atoms with Crippen molar-refractivity contribution in [1.82, 2.24) is 4.90 Å². The Labute approximate surface area is 203 Å². The summed E-state index contributed by atoms with van der Waals surface area (Å²) in [7, 11) is 4.92. The van der Waals surface area contributed by atoms with Gasteiger partial charge in [-0.2, -0.15) is 0 Å². The van der Waals surface area contributed by atoms with E-state index in [1.54, 1.807) is 27.4 Å². The van der Waals surface area contributed by atoms with Crippen LogP contribution in [0.1, 0.15) is 16.7 Å². The van der Waals surface area contributed by atoms with Gasteiger partial charge in [0.2, 0.25) is 0 Å². The molecule has 0 N–H and O–H groups in total.